The van der Waals surface area contributed by atoms with Crippen molar-refractivity contribution in [1.29, 1.82) is 0 Å². The summed E-state index contributed by atoms with van der Waals surface area (Å²) < 4.78 is 11.6. The lowest BCUT2D eigenvalue weighted by molar-refractivity contribution is 0.112. The van der Waals surface area contributed by atoms with Crippen molar-refractivity contribution in [3.05, 3.63) is 59.7 Å². The highest BCUT2D eigenvalue weighted by atomic mass is 16.5. The lowest BCUT2D eigenvalue weighted by Crippen LogP contribution is -2.03. The van der Waals surface area contributed by atoms with Crippen LogP contribution in [0.3, 0.4) is 0 Å². The fourth-order valence-electron chi connectivity index (χ4n) is 2.06. The number of ether oxygens (including phenoxy) is 2. The maximum atomic E-state index is 10.9. The standard InChI is InChI=1S/C18H18O3/c19-11-16-8-9-17(20-13-15-6-7-15)18(10-16)21-12-14-4-2-1-3-5-14/h1-5,8-11,15H,6-7,12-13H2. The van der Waals surface area contributed by atoms with Crippen molar-refractivity contribution in [2.24, 2.45) is 5.92 Å². The summed E-state index contributed by atoms with van der Waals surface area (Å²) >= 11 is 0. The predicted octanol–water partition coefficient (Wildman–Crippen LogP) is 3.87. The van der Waals surface area contributed by atoms with Gasteiger partial charge >= 0.3 is 0 Å². The number of hydrogen-bond acceptors (Lipinski definition) is 3. The molecule has 21 heavy (non-hydrogen) atoms. The van der Waals surface area contributed by atoms with Gasteiger partial charge in [0.15, 0.2) is 11.5 Å². The molecule has 0 bridgehead atoms. The minimum atomic E-state index is 0.461. The average Bonchev–Trinajstić information content (AvgIpc) is 3.36. The second-order valence-electron chi connectivity index (χ2n) is 5.35. The Balaban J connectivity index is 1.71. The zero-order valence-corrected chi connectivity index (χ0v) is 11.8. The molecular weight excluding hydrogens is 264 g/mol. The SMILES string of the molecule is O=Cc1ccc(OCC2CC2)c(OCc2ccccc2)c1. The van der Waals surface area contributed by atoms with Crippen molar-refractivity contribution in [1.82, 2.24) is 0 Å². The van der Waals surface area contributed by atoms with E-state index in [4.69, 9.17) is 9.47 Å². The first-order valence-electron chi connectivity index (χ1n) is 7.24. The molecule has 1 saturated carbocycles. The van der Waals surface area contributed by atoms with Gasteiger partial charge in [0.1, 0.15) is 12.9 Å². The summed E-state index contributed by atoms with van der Waals surface area (Å²) in [7, 11) is 0. The highest BCUT2D eigenvalue weighted by Crippen LogP contribution is 2.33. The normalized spacial score (nSPS) is 13.7. The molecule has 3 rings (SSSR count). The van der Waals surface area contributed by atoms with Gasteiger partial charge in [0, 0.05) is 5.56 Å². The summed E-state index contributed by atoms with van der Waals surface area (Å²) in [4.78, 5) is 10.9. The van der Waals surface area contributed by atoms with E-state index >= 15 is 0 Å². The van der Waals surface area contributed by atoms with Crippen LogP contribution in [0.1, 0.15) is 28.8 Å². The number of aldehydes is 1. The fraction of sp³-hybridized carbons (Fsp3) is 0.278. The Bertz CT molecular complexity index is 603. The van der Waals surface area contributed by atoms with Crippen molar-refractivity contribution in [3.63, 3.8) is 0 Å². The lowest BCUT2D eigenvalue weighted by Gasteiger charge is -2.13. The fourth-order valence-corrected chi connectivity index (χ4v) is 2.06. The molecule has 0 aliphatic heterocycles. The van der Waals surface area contributed by atoms with Gasteiger partial charge < -0.3 is 9.47 Å². The monoisotopic (exact) mass is 282 g/mol. The third-order valence-corrected chi connectivity index (χ3v) is 3.51. The molecule has 0 unspecified atom stereocenters. The van der Waals surface area contributed by atoms with E-state index in [-0.39, 0.29) is 0 Å². The van der Waals surface area contributed by atoms with Crippen LogP contribution in [-0.2, 0) is 6.61 Å². The first kappa shape index (κ1) is 13.7. The molecular formula is C18H18O3. The molecule has 0 atom stereocenters. The second kappa shape index (κ2) is 6.44. The Labute approximate surface area is 124 Å². The lowest BCUT2D eigenvalue weighted by atomic mass is 10.2. The maximum Gasteiger partial charge on any atom is 0.162 e. The summed E-state index contributed by atoms with van der Waals surface area (Å²) in [6, 6.07) is 15.2. The van der Waals surface area contributed by atoms with E-state index in [9.17, 15) is 4.79 Å². The maximum absolute atomic E-state index is 10.9. The molecule has 0 spiro atoms. The Morgan fingerprint density at radius 1 is 1.00 bits per heavy atom. The van der Waals surface area contributed by atoms with E-state index in [1.807, 2.05) is 36.4 Å². The van der Waals surface area contributed by atoms with E-state index in [2.05, 4.69) is 0 Å². The topological polar surface area (TPSA) is 35.5 Å². The van der Waals surface area contributed by atoms with Crippen molar-refractivity contribution < 1.29 is 14.3 Å². The molecule has 0 heterocycles. The Morgan fingerprint density at radius 3 is 2.52 bits per heavy atom. The van der Waals surface area contributed by atoms with Gasteiger partial charge in [-0.05, 0) is 42.5 Å². The third-order valence-electron chi connectivity index (χ3n) is 3.51. The van der Waals surface area contributed by atoms with Gasteiger partial charge in [-0.15, -0.1) is 0 Å². The summed E-state index contributed by atoms with van der Waals surface area (Å²) in [6.07, 6.45) is 3.30. The van der Waals surface area contributed by atoms with Crippen LogP contribution in [0.4, 0.5) is 0 Å². The average molecular weight is 282 g/mol. The van der Waals surface area contributed by atoms with E-state index in [1.54, 1.807) is 12.1 Å². The van der Waals surface area contributed by atoms with E-state index in [0.29, 0.717) is 29.6 Å². The van der Waals surface area contributed by atoms with E-state index < -0.39 is 0 Å². The third kappa shape index (κ3) is 3.85. The van der Waals surface area contributed by atoms with Gasteiger partial charge in [-0.3, -0.25) is 4.79 Å². The highest BCUT2D eigenvalue weighted by molar-refractivity contribution is 5.76. The zero-order valence-electron chi connectivity index (χ0n) is 11.8. The predicted molar refractivity (Wildman–Crippen MR) is 80.8 cm³/mol. The van der Waals surface area contributed by atoms with Crippen LogP contribution in [0.2, 0.25) is 0 Å². The molecule has 1 fully saturated rings. The van der Waals surface area contributed by atoms with Gasteiger partial charge in [0.25, 0.3) is 0 Å². The second-order valence-corrected chi connectivity index (χ2v) is 5.35. The summed E-state index contributed by atoms with van der Waals surface area (Å²) in [6.45, 7) is 1.19. The van der Waals surface area contributed by atoms with Crippen molar-refractivity contribution >= 4 is 6.29 Å². The largest absolute Gasteiger partial charge is 0.489 e. The summed E-state index contributed by atoms with van der Waals surface area (Å²) in [5.41, 5.74) is 1.68. The van der Waals surface area contributed by atoms with Crippen LogP contribution < -0.4 is 9.47 Å². The van der Waals surface area contributed by atoms with Crippen LogP contribution in [0.5, 0.6) is 11.5 Å². The van der Waals surface area contributed by atoms with Gasteiger partial charge in [-0.1, -0.05) is 30.3 Å². The highest BCUT2D eigenvalue weighted by Gasteiger charge is 2.22. The van der Waals surface area contributed by atoms with Gasteiger partial charge in [0.2, 0.25) is 0 Å². The summed E-state index contributed by atoms with van der Waals surface area (Å²) in [5, 5.41) is 0. The molecule has 2 aromatic carbocycles. The number of hydrogen-bond donors (Lipinski definition) is 0. The number of rotatable bonds is 7. The first-order valence-corrected chi connectivity index (χ1v) is 7.24. The van der Waals surface area contributed by atoms with Gasteiger partial charge in [-0.2, -0.15) is 0 Å². The molecule has 0 N–H and O–H groups in total. The Morgan fingerprint density at radius 2 is 1.81 bits per heavy atom. The molecule has 3 heteroatoms. The quantitative estimate of drug-likeness (QED) is 0.723. The van der Waals surface area contributed by atoms with Crippen LogP contribution in [0, 0.1) is 5.92 Å². The molecule has 0 saturated heterocycles. The number of benzene rings is 2. The smallest absolute Gasteiger partial charge is 0.162 e. The number of carbonyl (C=O) groups excluding carboxylic acids is 1. The van der Waals surface area contributed by atoms with Crippen LogP contribution in [0.15, 0.2) is 48.5 Å². The van der Waals surface area contributed by atoms with Gasteiger partial charge in [-0.25, -0.2) is 0 Å². The molecule has 2 aromatic rings. The molecule has 108 valence electrons. The Hall–Kier alpha value is -2.29. The molecule has 0 radical (unpaired) electrons. The minimum Gasteiger partial charge on any atom is -0.489 e. The van der Waals surface area contributed by atoms with E-state index in [1.165, 1.54) is 12.8 Å². The van der Waals surface area contributed by atoms with Gasteiger partial charge in [0.05, 0.1) is 6.61 Å². The molecule has 0 aromatic heterocycles. The first-order chi connectivity index (χ1) is 10.3. The number of carbonyl (C=O) groups is 1. The molecule has 1 aliphatic carbocycles. The van der Waals surface area contributed by atoms with Crippen LogP contribution in [-0.4, -0.2) is 12.9 Å². The molecule has 3 nitrogen and oxygen atoms in total. The van der Waals surface area contributed by atoms with Crippen molar-refractivity contribution in [2.75, 3.05) is 6.61 Å². The molecule has 0 amide bonds. The van der Waals surface area contributed by atoms with Crippen molar-refractivity contribution in [3.8, 4) is 11.5 Å². The van der Waals surface area contributed by atoms with E-state index in [0.717, 1.165) is 18.5 Å². The van der Waals surface area contributed by atoms with Crippen LogP contribution in [0.25, 0.3) is 0 Å². The zero-order chi connectivity index (χ0) is 14.5. The minimum absolute atomic E-state index is 0.461. The Kier molecular flexibility index (Phi) is 4.20. The summed E-state index contributed by atoms with van der Waals surface area (Å²) in [5.74, 6) is 2.02. The molecule has 1 aliphatic rings. The van der Waals surface area contributed by atoms with Crippen molar-refractivity contribution in [2.45, 2.75) is 19.4 Å². The van der Waals surface area contributed by atoms with Crippen LogP contribution >= 0.6 is 0 Å².